The summed E-state index contributed by atoms with van der Waals surface area (Å²) >= 11 is 2.94. The summed E-state index contributed by atoms with van der Waals surface area (Å²) in [5.74, 6) is -2.12. The highest BCUT2D eigenvalue weighted by Gasteiger charge is 2.35. The summed E-state index contributed by atoms with van der Waals surface area (Å²) < 4.78 is 15.1. The molecule has 0 aromatic carbocycles. The summed E-state index contributed by atoms with van der Waals surface area (Å²) in [6, 6.07) is 0. The number of carbonyl (C=O) groups excluding carboxylic acids is 1. The Hall–Kier alpha value is 0.1000. The smallest absolute Gasteiger partial charge is 0.366 e. The molecule has 0 aromatic heterocycles. The first-order valence-corrected chi connectivity index (χ1v) is 5.71. The Balaban J connectivity index is 4.46. The Kier molecular flexibility index (Phi) is 4.40. The lowest BCUT2D eigenvalue weighted by atomic mass is 10.5. The molecule has 0 aliphatic carbocycles. The van der Waals surface area contributed by atoms with Crippen LogP contribution in [0.3, 0.4) is 0 Å². The van der Waals surface area contributed by atoms with Crippen LogP contribution in [0.25, 0.3) is 0 Å². The van der Waals surface area contributed by atoms with Gasteiger partial charge in [-0.3, -0.25) is 9.36 Å². The first-order chi connectivity index (χ1) is 5.25. The number of esters is 1. The van der Waals surface area contributed by atoms with Crippen molar-refractivity contribution >= 4 is 29.5 Å². The van der Waals surface area contributed by atoms with Gasteiger partial charge in [0.1, 0.15) is 0 Å². The van der Waals surface area contributed by atoms with E-state index in [1.54, 1.807) is 0 Å². The molecule has 0 saturated carbocycles. The molecular formula is C5H10BrO5P. The van der Waals surface area contributed by atoms with Gasteiger partial charge in [-0.05, 0) is 6.92 Å². The standard InChI is InChI=1S/C5H10BrO5P/c1-3(6)5(11-4(2)7)12(8,9)10/h3,5H,1-2H3,(H2,8,9,10). The highest BCUT2D eigenvalue weighted by molar-refractivity contribution is 9.09. The summed E-state index contributed by atoms with van der Waals surface area (Å²) in [5, 5.41) is 0. The minimum atomic E-state index is -4.38. The van der Waals surface area contributed by atoms with Gasteiger partial charge in [0, 0.05) is 6.92 Å². The van der Waals surface area contributed by atoms with Gasteiger partial charge < -0.3 is 14.5 Å². The van der Waals surface area contributed by atoms with Crippen molar-refractivity contribution in [2.24, 2.45) is 0 Å². The van der Waals surface area contributed by atoms with Crippen molar-refractivity contribution < 1.29 is 23.9 Å². The van der Waals surface area contributed by atoms with E-state index in [-0.39, 0.29) is 0 Å². The van der Waals surface area contributed by atoms with Crippen molar-refractivity contribution in [2.75, 3.05) is 0 Å². The maximum absolute atomic E-state index is 10.7. The van der Waals surface area contributed by atoms with Crippen LogP contribution in [0.1, 0.15) is 13.8 Å². The van der Waals surface area contributed by atoms with E-state index in [2.05, 4.69) is 20.7 Å². The first kappa shape index (κ1) is 12.1. The average molecular weight is 261 g/mol. The van der Waals surface area contributed by atoms with E-state index in [0.29, 0.717) is 0 Å². The molecule has 0 fully saturated rings. The molecule has 0 bridgehead atoms. The second kappa shape index (κ2) is 4.37. The van der Waals surface area contributed by atoms with E-state index in [4.69, 9.17) is 9.79 Å². The number of alkyl halides is 1. The maximum atomic E-state index is 10.7. The van der Waals surface area contributed by atoms with E-state index in [9.17, 15) is 9.36 Å². The molecule has 0 saturated heterocycles. The number of carbonyl (C=O) groups is 1. The fourth-order valence-corrected chi connectivity index (χ4v) is 2.45. The number of hydrogen-bond acceptors (Lipinski definition) is 3. The topological polar surface area (TPSA) is 83.8 Å². The van der Waals surface area contributed by atoms with Gasteiger partial charge in [0.2, 0.25) is 5.85 Å². The number of halogens is 1. The number of ether oxygens (including phenoxy) is 1. The second-order valence-electron chi connectivity index (χ2n) is 2.27. The summed E-state index contributed by atoms with van der Waals surface area (Å²) in [4.78, 5) is 27.2. The van der Waals surface area contributed by atoms with Crippen LogP contribution in [0.4, 0.5) is 0 Å². The molecule has 0 radical (unpaired) electrons. The first-order valence-electron chi connectivity index (χ1n) is 3.11. The van der Waals surface area contributed by atoms with Crippen molar-refractivity contribution in [1.29, 1.82) is 0 Å². The highest BCUT2D eigenvalue weighted by Crippen LogP contribution is 2.45. The number of hydrogen-bond donors (Lipinski definition) is 2. The average Bonchev–Trinajstić information content (AvgIpc) is 1.79. The molecule has 0 heterocycles. The van der Waals surface area contributed by atoms with Crippen LogP contribution in [0.2, 0.25) is 0 Å². The van der Waals surface area contributed by atoms with Crippen LogP contribution in [0.5, 0.6) is 0 Å². The molecule has 0 spiro atoms. The Morgan fingerprint density at radius 1 is 1.58 bits per heavy atom. The molecule has 2 N–H and O–H groups in total. The van der Waals surface area contributed by atoms with E-state index < -0.39 is 24.2 Å². The third kappa shape index (κ3) is 4.21. The summed E-state index contributed by atoms with van der Waals surface area (Å²) in [6.07, 6.45) is 0. The minimum absolute atomic E-state index is 0.581. The molecule has 0 aromatic rings. The van der Waals surface area contributed by atoms with E-state index in [1.807, 2.05) is 0 Å². The SMILES string of the molecule is CC(=O)OC(C(C)Br)P(=O)(O)O. The zero-order valence-corrected chi connectivity index (χ0v) is 9.08. The monoisotopic (exact) mass is 260 g/mol. The third-order valence-corrected chi connectivity index (χ3v) is 3.12. The molecule has 7 heteroatoms. The molecule has 0 amide bonds. The Morgan fingerprint density at radius 2 is 2.00 bits per heavy atom. The van der Waals surface area contributed by atoms with Crippen molar-refractivity contribution in [3.05, 3.63) is 0 Å². The normalized spacial score (nSPS) is 16.8. The van der Waals surface area contributed by atoms with Crippen molar-refractivity contribution in [3.8, 4) is 0 Å². The predicted octanol–water partition coefficient (Wildman–Crippen LogP) is 0.837. The summed E-state index contributed by atoms with van der Waals surface area (Å²) in [6.45, 7) is 2.59. The molecule has 12 heavy (non-hydrogen) atoms. The second-order valence-corrected chi connectivity index (χ2v) is 5.40. The Labute approximate surface area is 78.4 Å². The van der Waals surface area contributed by atoms with E-state index in [0.717, 1.165) is 6.92 Å². The van der Waals surface area contributed by atoms with Crippen LogP contribution >= 0.6 is 23.5 Å². The fourth-order valence-electron chi connectivity index (χ4n) is 0.600. The molecule has 2 unspecified atom stereocenters. The van der Waals surface area contributed by atoms with Crippen LogP contribution in [0, 0.1) is 0 Å². The summed E-state index contributed by atoms with van der Waals surface area (Å²) in [5.41, 5.74) is 0. The Morgan fingerprint density at radius 3 is 2.08 bits per heavy atom. The van der Waals surface area contributed by atoms with Gasteiger partial charge in [-0.15, -0.1) is 0 Å². The van der Waals surface area contributed by atoms with E-state index >= 15 is 0 Å². The fraction of sp³-hybridized carbons (Fsp3) is 0.800. The van der Waals surface area contributed by atoms with Gasteiger partial charge in [-0.25, -0.2) is 0 Å². The van der Waals surface area contributed by atoms with Crippen molar-refractivity contribution in [2.45, 2.75) is 24.5 Å². The number of rotatable bonds is 3. The van der Waals surface area contributed by atoms with Gasteiger partial charge in [0.05, 0.1) is 4.83 Å². The van der Waals surface area contributed by atoms with Gasteiger partial charge in [0.25, 0.3) is 0 Å². The molecule has 2 atom stereocenters. The lowest BCUT2D eigenvalue weighted by molar-refractivity contribution is -0.143. The molecule has 0 aliphatic rings. The third-order valence-electron chi connectivity index (χ3n) is 1.01. The van der Waals surface area contributed by atoms with Crippen LogP contribution < -0.4 is 0 Å². The minimum Gasteiger partial charge on any atom is -0.448 e. The van der Waals surface area contributed by atoms with Crippen LogP contribution in [-0.2, 0) is 14.1 Å². The predicted molar refractivity (Wildman–Crippen MR) is 46.0 cm³/mol. The van der Waals surface area contributed by atoms with Crippen LogP contribution in [-0.4, -0.2) is 26.4 Å². The van der Waals surface area contributed by atoms with Crippen molar-refractivity contribution in [1.82, 2.24) is 0 Å². The van der Waals surface area contributed by atoms with Crippen molar-refractivity contribution in [3.63, 3.8) is 0 Å². The zero-order chi connectivity index (χ0) is 9.94. The maximum Gasteiger partial charge on any atom is 0.366 e. The van der Waals surface area contributed by atoms with Crippen LogP contribution in [0.15, 0.2) is 0 Å². The largest absolute Gasteiger partial charge is 0.448 e. The lowest BCUT2D eigenvalue weighted by Crippen LogP contribution is -2.24. The van der Waals surface area contributed by atoms with Gasteiger partial charge in [-0.2, -0.15) is 0 Å². The van der Waals surface area contributed by atoms with Gasteiger partial charge in [0.15, 0.2) is 0 Å². The summed E-state index contributed by atoms with van der Waals surface area (Å²) in [7, 11) is -4.38. The van der Waals surface area contributed by atoms with Gasteiger partial charge in [-0.1, -0.05) is 15.9 Å². The molecule has 5 nitrogen and oxygen atoms in total. The van der Waals surface area contributed by atoms with E-state index in [1.165, 1.54) is 6.92 Å². The molecule has 0 aliphatic heterocycles. The van der Waals surface area contributed by atoms with Gasteiger partial charge >= 0.3 is 13.6 Å². The highest BCUT2D eigenvalue weighted by atomic mass is 79.9. The molecule has 72 valence electrons. The Bertz CT molecular complexity index is 210. The molecular weight excluding hydrogens is 251 g/mol. The lowest BCUT2D eigenvalue weighted by Gasteiger charge is -2.19. The molecule has 0 rings (SSSR count). The zero-order valence-electron chi connectivity index (χ0n) is 6.60. The quantitative estimate of drug-likeness (QED) is 0.446.